The minimum atomic E-state index is -0.472. The van der Waals surface area contributed by atoms with E-state index in [1.165, 1.54) is 27.5 Å². The van der Waals surface area contributed by atoms with Gasteiger partial charge in [-0.1, -0.05) is 0 Å². The molecular weight excluding hydrogens is 332 g/mol. The van der Waals surface area contributed by atoms with Crippen molar-refractivity contribution in [2.24, 2.45) is 16.6 Å². The molecule has 8 nitrogen and oxygen atoms in total. The number of hydrogen-bond acceptors (Lipinski definition) is 5. The second kappa shape index (κ2) is 6.85. The zero-order valence-corrected chi connectivity index (χ0v) is 12.8. The lowest BCUT2D eigenvalue weighted by Gasteiger charge is -2.15. The summed E-state index contributed by atoms with van der Waals surface area (Å²) in [6, 6.07) is 1.66. The van der Waals surface area contributed by atoms with Crippen molar-refractivity contribution in [2.45, 2.75) is 0 Å². The molecule has 110 valence electrons. The minimum Gasteiger partial charge on any atom is -0.722 e. The first kappa shape index (κ1) is 15.9. The lowest BCUT2D eigenvalue weighted by Crippen LogP contribution is -2.30. The van der Waals surface area contributed by atoms with E-state index in [1.807, 2.05) is 0 Å². The molecule has 1 aromatic carbocycles. The Bertz CT molecular complexity index is 556. The molecular formula is C11H15BrN4O4. The van der Waals surface area contributed by atoms with E-state index in [0.717, 1.165) is 0 Å². The summed E-state index contributed by atoms with van der Waals surface area (Å²) in [6.45, 7) is 0. The third kappa shape index (κ3) is 3.23. The van der Waals surface area contributed by atoms with Crippen LogP contribution >= 0.6 is 15.9 Å². The Kier molecular flexibility index (Phi) is 5.44. The number of halogens is 1. The van der Waals surface area contributed by atoms with E-state index >= 15 is 0 Å². The van der Waals surface area contributed by atoms with Gasteiger partial charge in [0.25, 0.3) is 0 Å². The summed E-state index contributed by atoms with van der Waals surface area (Å²) in [5.41, 5.74) is 10.7. The molecule has 0 aliphatic rings. The van der Waals surface area contributed by atoms with E-state index in [0.29, 0.717) is 27.3 Å². The van der Waals surface area contributed by atoms with Crippen LogP contribution in [0.5, 0.6) is 17.2 Å². The zero-order chi connectivity index (χ0) is 15.3. The summed E-state index contributed by atoms with van der Waals surface area (Å²) < 4.78 is 16.3. The number of nitrogens with zero attached hydrogens (tertiary/aromatic N) is 2. The topological polar surface area (TPSA) is 118 Å². The van der Waals surface area contributed by atoms with E-state index in [-0.39, 0.29) is 4.85 Å². The highest BCUT2D eigenvalue weighted by molar-refractivity contribution is 9.10. The van der Waals surface area contributed by atoms with Gasteiger partial charge in [0.15, 0.2) is 11.5 Å². The molecule has 20 heavy (non-hydrogen) atoms. The highest BCUT2D eigenvalue weighted by Gasteiger charge is 2.18. The van der Waals surface area contributed by atoms with Crippen molar-refractivity contribution in [3.8, 4) is 17.2 Å². The van der Waals surface area contributed by atoms with Gasteiger partial charge < -0.3 is 19.4 Å². The molecule has 0 spiro atoms. The minimum absolute atomic E-state index is 0.0874. The van der Waals surface area contributed by atoms with Gasteiger partial charge in [0.1, 0.15) is 0 Å². The van der Waals surface area contributed by atoms with Crippen LogP contribution in [-0.2, 0) is 0 Å². The number of ether oxygens (including phenoxy) is 3. The molecule has 0 aliphatic carbocycles. The maximum atomic E-state index is 11.2. The van der Waals surface area contributed by atoms with E-state index in [4.69, 9.17) is 25.7 Å². The fourth-order valence-electron chi connectivity index (χ4n) is 1.47. The number of rotatable bonds is 5. The van der Waals surface area contributed by atoms with Crippen molar-refractivity contribution in [2.75, 3.05) is 21.3 Å². The van der Waals surface area contributed by atoms with Gasteiger partial charge in [-0.05, 0) is 22.0 Å². The van der Waals surface area contributed by atoms with Crippen molar-refractivity contribution in [3.63, 3.8) is 0 Å². The lowest BCUT2D eigenvalue weighted by atomic mass is 10.2. The Hall–Kier alpha value is -2.16. The van der Waals surface area contributed by atoms with Crippen molar-refractivity contribution < 1.29 is 19.1 Å². The highest BCUT2D eigenvalue weighted by atomic mass is 79.9. The molecule has 0 atom stereocenters. The molecule has 0 heterocycles. The van der Waals surface area contributed by atoms with Crippen molar-refractivity contribution >= 4 is 28.1 Å². The molecule has 0 aromatic heterocycles. The van der Waals surface area contributed by atoms with Crippen LogP contribution in [0.1, 0.15) is 5.56 Å². The van der Waals surface area contributed by atoms with Gasteiger partial charge in [-0.25, -0.2) is 0 Å². The van der Waals surface area contributed by atoms with Crippen LogP contribution in [0.2, 0.25) is 0 Å². The number of benzene rings is 1. The van der Waals surface area contributed by atoms with Gasteiger partial charge in [0.05, 0.1) is 32.0 Å². The van der Waals surface area contributed by atoms with Crippen LogP contribution in [0, 0.1) is 5.21 Å². The van der Waals surface area contributed by atoms with Gasteiger partial charge in [-0.2, -0.15) is 0 Å². The number of guanidine groups is 1. The number of methoxy groups -OCH3 is 3. The van der Waals surface area contributed by atoms with Gasteiger partial charge in [-0.3, -0.25) is 11.5 Å². The van der Waals surface area contributed by atoms with Crippen LogP contribution in [0.15, 0.2) is 15.6 Å². The summed E-state index contributed by atoms with van der Waals surface area (Å²) in [5.74, 6) is 0.721. The normalized spacial score (nSPS) is 10.4. The monoisotopic (exact) mass is 346 g/mol. The molecule has 0 unspecified atom stereocenters. The molecule has 0 amide bonds. The van der Waals surface area contributed by atoms with E-state index in [9.17, 15) is 5.21 Å². The molecule has 9 heteroatoms. The van der Waals surface area contributed by atoms with Crippen molar-refractivity contribution in [3.05, 3.63) is 21.3 Å². The van der Waals surface area contributed by atoms with Gasteiger partial charge in [0, 0.05) is 5.56 Å². The molecule has 0 bridgehead atoms. The second-order valence-electron chi connectivity index (χ2n) is 3.49. The molecule has 0 saturated carbocycles. The third-order valence-corrected chi connectivity index (χ3v) is 2.90. The van der Waals surface area contributed by atoms with Crippen LogP contribution in [0.4, 0.5) is 0 Å². The van der Waals surface area contributed by atoms with Gasteiger partial charge >= 0.3 is 5.96 Å². The predicted octanol–water partition coefficient (Wildman–Crippen LogP) is 0.593. The molecule has 0 radical (unpaired) electrons. The summed E-state index contributed by atoms with van der Waals surface area (Å²) in [5, 5.41) is 14.7. The smallest absolute Gasteiger partial charge is 0.366 e. The lowest BCUT2D eigenvalue weighted by molar-refractivity contribution is -0.463. The third-order valence-electron chi connectivity index (χ3n) is 2.31. The van der Waals surface area contributed by atoms with E-state index in [1.54, 1.807) is 6.07 Å². The largest absolute Gasteiger partial charge is 0.722 e. The second-order valence-corrected chi connectivity index (χ2v) is 4.34. The summed E-state index contributed by atoms with van der Waals surface area (Å²) in [4.78, 5) is 0.0874. The fourth-order valence-corrected chi connectivity index (χ4v) is 2.06. The van der Waals surface area contributed by atoms with Crippen LogP contribution in [0.3, 0.4) is 0 Å². The van der Waals surface area contributed by atoms with Crippen LogP contribution in [0.25, 0.3) is 0 Å². The first-order chi connectivity index (χ1) is 9.46. The Morgan fingerprint density at radius 3 is 2.20 bits per heavy atom. The highest BCUT2D eigenvalue weighted by Crippen LogP contribution is 2.44. The maximum absolute atomic E-state index is 11.2. The number of nitrogens with two attached hydrogens (primary N) is 2. The van der Waals surface area contributed by atoms with Gasteiger partial charge in [-0.15, -0.1) is 9.95 Å². The zero-order valence-electron chi connectivity index (χ0n) is 11.2. The fraction of sp³-hybridized carbons (Fsp3) is 0.273. The molecule has 1 aromatic rings. The summed E-state index contributed by atoms with van der Waals surface area (Å²) in [6.07, 6.45) is 1.25. The Balaban J connectivity index is 3.41. The summed E-state index contributed by atoms with van der Waals surface area (Å²) in [7, 11) is 4.43. The Morgan fingerprint density at radius 1 is 1.20 bits per heavy atom. The summed E-state index contributed by atoms with van der Waals surface area (Å²) >= 11 is 3.33. The predicted molar refractivity (Wildman–Crippen MR) is 78.4 cm³/mol. The number of hydrazone groups is 1. The average molecular weight is 347 g/mol. The van der Waals surface area contributed by atoms with Gasteiger partial charge in [0.2, 0.25) is 5.75 Å². The van der Waals surface area contributed by atoms with Crippen molar-refractivity contribution in [1.82, 2.24) is 0 Å². The molecule has 4 N–H and O–H groups in total. The van der Waals surface area contributed by atoms with Crippen LogP contribution in [-0.4, -0.2) is 38.4 Å². The maximum Gasteiger partial charge on any atom is 0.366 e. The number of hydrogen-bond donors (Lipinski definition) is 2. The standard InChI is InChI=1S/C11H15BrN4O4/c1-18-8-6(5-15-16(17)11(13)14)4-7(12)9(19-2)10(8)20-3/h4-5H,13-14H2,1-3H3. The van der Waals surface area contributed by atoms with E-state index in [2.05, 4.69) is 21.0 Å². The Morgan fingerprint density at radius 2 is 1.75 bits per heavy atom. The SMILES string of the molecule is COc1c(Br)cc(C=N[N+]([O-])=C(N)N)c(OC)c1OC. The van der Waals surface area contributed by atoms with Crippen molar-refractivity contribution in [1.29, 1.82) is 0 Å². The quantitative estimate of drug-likeness (QED) is 0.265. The first-order valence-electron chi connectivity index (χ1n) is 5.33. The van der Waals surface area contributed by atoms with E-state index < -0.39 is 5.96 Å². The molecule has 0 aliphatic heterocycles. The first-order valence-corrected chi connectivity index (χ1v) is 6.13. The molecule has 0 saturated heterocycles. The molecule has 0 fully saturated rings. The van der Waals surface area contributed by atoms with Crippen LogP contribution < -0.4 is 25.7 Å². The average Bonchev–Trinajstić information content (AvgIpc) is 2.43. The Labute approximate surface area is 124 Å². The molecule has 1 rings (SSSR count).